The highest BCUT2D eigenvalue weighted by Gasteiger charge is 2.54. The summed E-state index contributed by atoms with van der Waals surface area (Å²) in [7, 11) is 5.16. The predicted molar refractivity (Wildman–Crippen MR) is 130 cm³/mol. The van der Waals surface area contributed by atoms with Crippen LogP contribution in [0.15, 0.2) is 30.6 Å². The number of fused-ring (bicyclic) bond motifs is 1. The van der Waals surface area contributed by atoms with Gasteiger partial charge in [-0.3, -0.25) is 0 Å². The van der Waals surface area contributed by atoms with Crippen LogP contribution >= 0.6 is 11.6 Å². The molecule has 1 fully saturated rings. The molecule has 1 aromatic carbocycles. The second-order valence-corrected chi connectivity index (χ2v) is 9.67. The van der Waals surface area contributed by atoms with E-state index in [4.69, 9.17) is 21.1 Å². The molecule has 1 aliphatic carbocycles. The van der Waals surface area contributed by atoms with E-state index in [1.807, 2.05) is 37.1 Å². The quantitative estimate of drug-likeness (QED) is 0.429. The minimum absolute atomic E-state index is 0.178. The number of benzene rings is 1. The topological polar surface area (TPSA) is 87.2 Å². The molecule has 4 aromatic rings. The molecule has 0 aliphatic heterocycles. The Morgan fingerprint density at radius 1 is 1.14 bits per heavy atom. The Morgan fingerprint density at radius 3 is 2.17 bits per heavy atom. The maximum Gasteiger partial charge on any atom is 0.258 e. The Morgan fingerprint density at radius 2 is 1.71 bits per heavy atom. The molecular weight excluding hydrogens is 473 g/mol. The predicted octanol–water partition coefficient (Wildman–Crippen LogP) is 4.14. The Labute approximate surface area is 207 Å². The van der Waals surface area contributed by atoms with Gasteiger partial charge >= 0.3 is 0 Å². The largest absolute Gasteiger partial charge is 0.480 e. The number of aryl methyl sites for hydroxylation is 2. The molecular formula is C25H27ClFN5O3. The Balaban J connectivity index is 1.73. The molecule has 2 unspecified atom stereocenters. The van der Waals surface area contributed by atoms with Gasteiger partial charge in [0.1, 0.15) is 23.4 Å². The number of methoxy groups -OCH3 is 1. The molecule has 1 saturated carbocycles. The zero-order chi connectivity index (χ0) is 25.3. The van der Waals surface area contributed by atoms with Crippen LogP contribution < -0.4 is 9.47 Å². The number of aliphatic hydroxyl groups is 1. The van der Waals surface area contributed by atoms with E-state index in [2.05, 4.69) is 15.0 Å². The molecule has 10 heteroatoms. The van der Waals surface area contributed by atoms with Gasteiger partial charge < -0.3 is 23.7 Å². The molecule has 0 spiro atoms. The summed E-state index contributed by atoms with van der Waals surface area (Å²) in [6.07, 6.45) is 2.95. The summed E-state index contributed by atoms with van der Waals surface area (Å²) in [5.74, 6) is 1.85. The van der Waals surface area contributed by atoms with E-state index in [1.165, 1.54) is 14.0 Å². The SMILES string of the molecule is COc1nc2ccc(C(O)(c3cnc(C)n3C)c3cnc(C)n3C)cc2c(Cl)c1OC1CC1(C)F. The molecule has 1 N–H and O–H groups in total. The van der Waals surface area contributed by atoms with Crippen LogP contribution in [0.2, 0.25) is 5.02 Å². The third kappa shape index (κ3) is 3.56. The second kappa shape index (κ2) is 7.93. The number of rotatable bonds is 6. The second-order valence-electron chi connectivity index (χ2n) is 9.29. The van der Waals surface area contributed by atoms with Crippen LogP contribution in [0, 0.1) is 13.8 Å². The number of alkyl halides is 1. The summed E-state index contributed by atoms with van der Waals surface area (Å²) < 4.78 is 29.1. The summed E-state index contributed by atoms with van der Waals surface area (Å²) in [6, 6.07) is 5.32. The molecule has 0 bridgehead atoms. The molecule has 3 aromatic heterocycles. The number of ether oxygens (including phenoxy) is 2. The van der Waals surface area contributed by atoms with E-state index in [0.29, 0.717) is 27.9 Å². The van der Waals surface area contributed by atoms with Crippen molar-refractivity contribution in [2.45, 2.75) is 44.6 Å². The Hall–Kier alpha value is -3.17. The van der Waals surface area contributed by atoms with Crippen molar-refractivity contribution in [1.82, 2.24) is 24.1 Å². The van der Waals surface area contributed by atoms with Gasteiger partial charge in [-0.2, -0.15) is 0 Å². The first kappa shape index (κ1) is 23.6. The Bertz CT molecular complexity index is 1420. The first-order valence-corrected chi connectivity index (χ1v) is 11.6. The number of hydrogen-bond donors (Lipinski definition) is 1. The van der Waals surface area contributed by atoms with Gasteiger partial charge in [0.25, 0.3) is 5.88 Å². The van der Waals surface area contributed by atoms with Crippen molar-refractivity contribution < 1.29 is 19.0 Å². The van der Waals surface area contributed by atoms with Crippen LogP contribution in [0.1, 0.15) is 41.9 Å². The lowest BCUT2D eigenvalue weighted by Gasteiger charge is -2.30. The van der Waals surface area contributed by atoms with Gasteiger partial charge in [0.05, 0.1) is 41.4 Å². The standard InChI is InChI=1S/C25H27ClFN5O3/c1-13-28-11-18(31(13)4)25(33,19-12-29-14(2)32(19)5)15-7-8-17-16(9-15)21(26)22(23(30-17)34-6)35-20-10-24(20,3)27/h7-9,11-12,20,33H,10H2,1-6H3. The van der Waals surface area contributed by atoms with E-state index in [-0.39, 0.29) is 23.1 Å². The minimum Gasteiger partial charge on any atom is -0.480 e. The number of pyridine rings is 1. The van der Waals surface area contributed by atoms with Gasteiger partial charge in [-0.05, 0) is 38.5 Å². The van der Waals surface area contributed by atoms with Crippen molar-refractivity contribution in [3.63, 3.8) is 0 Å². The smallest absolute Gasteiger partial charge is 0.258 e. The molecule has 3 heterocycles. The van der Waals surface area contributed by atoms with Crippen LogP contribution in [0.5, 0.6) is 11.6 Å². The molecule has 5 rings (SSSR count). The maximum absolute atomic E-state index is 14.2. The van der Waals surface area contributed by atoms with Gasteiger partial charge in [0.15, 0.2) is 5.60 Å². The highest BCUT2D eigenvalue weighted by molar-refractivity contribution is 6.37. The number of nitrogens with zero attached hydrogens (tertiary/aromatic N) is 5. The summed E-state index contributed by atoms with van der Waals surface area (Å²) >= 11 is 6.79. The van der Waals surface area contributed by atoms with Gasteiger partial charge in [-0.1, -0.05) is 17.7 Å². The minimum atomic E-state index is -1.60. The van der Waals surface area contributed by atoms with Crippen LogP contribution in [0.3, 0.4) is 0 Å². The summed E-state index contributed by atoms with van der Waals surface area (Å²) in [5, 5.41) is 13.1. The van der Waals surface area contributed by atoms with E-state index in [1.54, 1.807) is 30.6 Å². The number of imidazole rings is 2. The first-order chi connectivity index (χ1) is 16.5. The molecule has 0 saturated heterocycles. The average Bonchev–Trinajstić information content (AvgIpc) is 3.07. The summed E-state index contributed by atoms with van der Waals surface area (Å²) in [4.78, 5) is 13.3. The molecule has 184 valence electrons. The van der Waals surface area contributed by atoms with Crippen molar-refractivity contribution in [3.8, 4) is 11.6 Å². The van der Waals surface area contributed by atoms with Crippen LogP contribution in [-0.4, -0.2) is 48.1 Å². The van der Waals surface area contributed by atoms with Crippen molar-refractivity contribution in [2.75, 3.05) is 7.11 Å². The lowest BCUT2D eigenvalue weighted by Crippen LogP contribution is -2.33. The molecule has 1 aliphatic rings. The van der Waals surface area contributed by atoms with Crippen LogP contribution in [-0.2, 0) is 19.7 Å². The summed E-state index contributed by atoms with van der Waals surface area (Å²) in [5.41, 5.74) is -0.794. The van der Waals surface area contributed by atoms with Crippen molar-refractivity contribution in [2.24, 2.45) is 14.1 Å². The third-order valence-electron chi connectivity index (χ3n) is 7.00. The maximum atomic E-state index is 14.2. The summed E-state index contributed by atoms with van der Waals surface area (Å²) in [6.45, 7) is 5.22. The van der Waals surface area contributed by atoms with Gasteiger partial charge in [0, 0.05) is 25.9 Å². The fourth-order valence-electron chi connectivity index (χ4n) is 4.37. The van der Waals surface area contributed by atoms with E-state index < -0.39 is 17.4 Å². The first-order valence-electron chi connectivity index (χ1n) is 11.2. The highest BCUT2D eigenvalue weighted by atomic mass is 35.5. The third-order valence-corrected chi connectivity index (χ3v) is 7.37. The molecule has 35 heavy (non-hydrogen) atoms. The number of aromatic nitrogens is 5. The van der Waals surface area contributed by atoms with Crippen molar-refractivity contribution >= 4 is 22.5 Å². The number of halogens is 2. The molecule has 2 atom stereocenters. The van der Waals surface area contributed by atoms with E-state index in [9.17, 15) is 9.50 Å². The Kier molecular flexibility index (Phi) is 5.34. The fourth-order valence-corrected chi connectivity index (χ4v) is 4.64. The average molecular weight is 500 g/mol. The van der Waals surface area contributed by atoms with Gasteiger partial charge in [0.2, 0.25) is 5.75 Å². The van der Waals surface area contributed by atoms with E-state index in [0.717, 1.165) is 11.6 Å². The normalized spacial score (nSPS) is 19.9. The zero-order valence-electron chi connectivity index (χ0n) is 20.4. The molecule has 0 radical (unpaired) electrons. The molecule has 8 nitrogen and oxygen atoms in total. The lowest BCUT2D eigenvalue weighted by atomic mass is 9.86. The van der Waals surface area contributed by atoms with Gasteiger partial charge in [-0.25, -0.2) is 19.3 Å². The highest BCUT2D eigenvalue weighted by Crippen LogP contribution is 2.48. The van der Waals surface area contributed by atoms with Gasteiger partial charge in [-0.15, -0.1) is 0 Å². The van der Waals surface area contributed by atoms with Crippen LogP contribution in [0.4, 0.5) is 4.39 Å². The van der Waals surface area contributed by atoms with Crippen molar-refractivity contribution in [3.05, 3.63) is 64.2 Å². The molecule has 0 amide bonds. The fraction of sp³-hybridized carbons (Fsp3) is 0.400. The van der Waals surface area contributed by atoms with Crippen LogP contribution in [0.25, 0.3) is 10.9 Å². The van der Waals surface area contributed by atoms with E-state index >= 15 is 0 Å². The number of hydrogen-bond acceptors (Lipinski definition) is 6. The lowest BCUT2D eigenvalue weighted by molar-refractivity contribution is 0.109. The zero-order valence-corrected chi connectivity index (χ0v) is 21.2. The monoisotopic (exact) mass is 499 g/mol. The van der Waals surface area contributed by atoms with Crippen molar-refractivity contribution in [1.29, 1.82) is 0 Å².